The third-order valence-electron chi connectivity index (χ3n) is 4.56. The van der Waals surface area contributed by atoms with Gasteiger partial charge in [-0.3, -0.25) is 5.73 Å². The van der Waals surface area contributed by atoms with Gasteiger partial charge in [0.25, 0.3) is 5.82 Å². The molecule has 0 atom stereocenters. The molecule has 0 spiro atoms. The summed E-state index contributed by atoms with van der Waals surface area (Å²) in [7, 11) is 3.30. The van der Waals surface area contributed by atoms with Gasteiger partial charge in [-0.1, -0.05) is 18.2 Å². The van der Waals surface area contributed by atoms with Crippen molar-refractivity contribution >= 4 is 32.9 Å². The summed E-state index contributed by atoms with van der Waals surface area (Å²) in [6.07, 6.45) is 0. The highest BCUT2D eigenvalue weighted by Gasteiger charge is 2.17. The number of nitrogen functional groups attached to an aromatic ring is 1. The molecule has 2 aromatic carbocycles. The molecular formula is C20H19ClN2O2. The molecule has 4 rings (SSSR count). The lowest BCUT2D eigenvalue weighted by atomic mass is 10.0. The molecule has 0 aliphatic rings. The lowest BCUT2D eigenvalue weighted by Crippen LogP contribution is -3.00. The summed E-state index contributed by atoms with van der Waals surface area (Å²) < 4.78 is 13.0. The lowest BCUT2D eigenvalue weighted by Gasteiger charge is -2.12. The van der Waals surface area contributed by atoms with Gasteiger partial charge in [-0.05, 0) is 48.0 Å². The van der Waals surface area contributed by atoms with Gasteiger partial charge in [0, 0.05) is 5.39 Å². The van der Waals surface area contributed by atoms with Crippen molar-refractivity contribution in [1.29, 1.82) is 0 Å². The van der Waals surface area contributed by atoms with Crippen LogP contribution in [0, 0.1) is 6.92 Å². The van der Waals surface area contributed by atoms with Gasteiger partial charge < -0.3 is 21.9 Å². The summed E-state index contributed by atoms with van der Waals surface area (Å²) >= 11 is 0. The predicted octanol–water partition coefficient (Wildman–Crippen LogP) is 0.644. The quantitative estimate of drug-likeness (QED) is 0.326. The average molecular weight is 355 g/mol. The summed E-state index contributed by atoms with van der Waals surface area (Å²) in [6, 6.07) is 16.5. The Morgan fingerprint density at radius 2 is 1.52 bits per heavy atom. The van der Waals surface area contributed by atoms with Gasteiger partial charge >= 0.3 is 0 Å². The summed E-state index contributed by atoms with van der Waals surface area (Å²) in [6.45, 7) is 2.06. The zero-order valence-electron chi connectivity index (χ0n) is 14.3. The molecule has 0 saturated carbocycles. The van der Waals surface area contributed by atoms with Crippen LogP contribution in [-0.2, 0) is 0 Å². The maximum Gasteiger partial charge on any atom is 0.285 e. The molecule has 0 aliphatic carbocycles. The Kier molecular flexibility index (Phi) is 4.31. The number of aryl methyl sites for hydroxylation is 1. The van der Waals surface area contributed by atoms with E-state index in [-0.39, 0.29) is 12.4 Å². The Hall–Kier alpha value is -2.72. The minimum atomic E-state index is 0. The van der Waals surface area contributed by atoms with Crippen molar-refractivity contribution in [2.45, 2.75) is 6.92 Å². The Bertz CT molecular complexity index is 1110. The molecule has 4 aromatic rings. The van der Waals surface area contributed by atoms with Crippen molar-refractivity contribution in [3.8, 4) is 11.5 Å². The van der Waals surface area contributed by atoms with E-state index in [0.29, 0.717) is 5.75 Å². The number of anilines is 1. The summed E-state index contributed by atoms with van der Waals surface area (Å²) in [4.78, 5) is 0. The third-order valence-corrected chi connectivity index (χ3v) is 4.56. The molecule has 2 N–H and O–H groups in total. The first kappa shape index (κ1) is 17.1. The van der Waals surface area contributed by atoms with Gasteiger partial charge in [0.2, 0.25) is 0 Å². The predicted molar refractivity (Wildman–Crippen MR) is 96.9 cm³/mol. The van der Waals surface area contributed by atoms with Crippen LogP contribution in [0.5, 0.6) is 11.5 Å². The van der Waals surface area contributed by atoms with Crippen LogP contribution in [0.3, 0.4) is 0 Å². The number of methoxy groups -OCH3 is 2. The number of fused-ring (bicyclic) bond motifs is 4. The molecule has 25 heavy (non-hydrogen) atoms. The van der Waals surface area contributed by atoms with Gasteiger partial charge in [0.15, 0.2) is 11.5 Å². The van der Waals surface area contributed by atoms with Crippen LogP contribution in [-0.4, -0.2) is 14.2 Å². The van der Waals surface area contributed by atoms with E-state index in [1.807, 2.05) is 24.3 Å². The van der Waals surface area contributed by atoms with Crippen molar-refractivity contribution in [2.75, 3.05) is 20.0 Å². The van der Waals surface area contributed by atoms with E-state index in [2.05, 4.69) is 35.6 Å². The Morgan fingerprint density at radius 1 is 0.840 bits per heavy atom. The smallest absolute Gasteiger partial charge is 0.285 e. The fraction of sp³-hybridized carbons (Fsp3) is 0.150. The molecule has 0 amide bonds. The summed E-state index contributed by atoms with van der Waals surface area (Å²) in [5, 5.41) is 4.35. The molecule has 0 aliphatic heterocycles. The number of halogens is 1. The number of pyridine rings is 2. The van der Waals surface area contributed by atoms with E-state index < -0.39 is 0 Å². The van der Waals surface area contributed by atoms with E-state index in [9.17, 15) is 0 Å². The van der Waals surface area contributed by atoms with Crippen LogP contribution in [0.4, 0.5) is 5.82 Å². The fourth-order valence-electron chi connectivity index (χ4n) is 3.42. The minimum absolute atomic E-state index is 0. The fourth-order valence-corrected chi connectivity index (χ4v) is 3.42. The average Bonchev–Trinajstić information content (AvgIpc) is 2.60. The first-order chi connectivity index (χ1) is 11.6. The standard InChI is InChI=1S/C20H18N2O2.ClH/c1-12-8-14-10-18(23-2)19(24-3)11-16(14)17-9-13-6-4-5-7-15(13)20(21)22(12)17;/h4-11,21H,1-3H3;1H. The topological polar surface area (TPSA) is 48.6 Å². The van der Waals surface area contributed by atoms with Gasteiger partial charge in [-0.15, -0.1) is 0 Å². The first-order valence-electron chi connectivity index (χ1n) is 7.82. The molecule has 2 aromatic heterocycles. The van der Waals surface area contributed by atoms with Crippen LogP contribution in [0.2, 0.25) is 0 Å². The highest BCUT2D eigenvalue weighted by atomic mass is 35.5. The lowest BCUT2D eigenvalue weighted by molar-refractivity contribution is -0.501. The number of ether oxygens (including phenoxy) is 2. The van der Waals surface area contributed by atoms with Crippen molar-refractivity contribution in [2.24, 2.45) is 0 Å². The van der Waals surface area contributed by atoms with E-state index in [4.69, 9.17) is 15.2 Å². The van der Waals surface area contributed by atoms with E-state index in [0.717, 1.165) is 44.3 Å². The zero-order chi connectivity index (χ0) is 16.8. The van der Waals surface area contributed by atoms with Crippen LogP contribution >= 0.6 is 0 Å². The van der Waals surface area contributed by atoms with Gasteiger partial charge in [-0.2, -0.15) is 4.40 Å². The number of rotatable bonds is 2. The Balaban J connectivity index is 0.00000182. The number of hydrogen-bond donors (Lipinski definition) is 1. The molecule has 0 saturated heterocycles. The van der Waals surface area contributed by atoms with Crippen LogP contribution in [0.25, 0.3) is 27.1 Å². The van der Waals surface area contributed by atoms with Gasteiger partial charge in [-0.25, -0.2) is 0 Å². The largest absolute Gasteiger partial charge is 1.00 e. The zero-order valence-corrected chi connectivity index (χ0v) is 15.1. The van der Waals surface area contributed by atoms with Crippen molar-refractivity contribution in [3.05, 3.63) is 54.2 Å². The molecule has 0 bridgehead atoms. The monoisotopic (exact) mass is 354 g/mol. The highest BCUT2D eigenvalue weighted by Crippen LogP contribution is 2.34. The second-order valence-corrected chi connectivity index (χ2v) is 5.92. The van der Waals surface area contributed by atoms with Crippen molar-refractivity contribution in [3.63, 3.8) is 0 Å². The maximum atomic E-state index is 6.48. The molecule has 0 radical (unpaired) electrons. The SMILES string of the molecule is COc1cc2cc(C)[n+]3c(N)c4ccccc4cc3c2cc1OC.[Cl-]. The molecular weight excluding hydrogens is 336 g/mol. The maximum absolute atomic E-state index is 6.48. The van der Waals surface area contributed by atoms with E-state index in [1.165, 1.54) is 0 Å². The number of hydrogen-bond acceptors (Lipinski definition) is 3. The van der Waals surface area contributed by atoms with Crippen LogP contribution in [0.1, 0.15) is 5.69 Å². The van der Waals surface area contributed by atoms with Gasteiger partial charge in [0.05, 0.1) is 19.6 Å². The Morgan fingerprint density at radius 3 is 2.24 bits per heavy atom. The number of benzene rings is 2. The van der Waals surface area contributed by atoms with Crippen molar-refractivity contribution < 1.29 is 26.3 Å². The van der Waals surface area contributed by atoms with Gasteiger partial charge in [0.1, 0.15) is 11.2 Å². The molecule has 128 valence electrons. The van der Waals surface area contributed by atoms with E-state index in [1.54, 1.807) is 14.2 Å². The number of aromatic nitrogens is 1. The molecule has 2 heterocycles. The molecule has 5 heteroatoms. The Labute approximate surface area is 152 Å². The van der Waals surface area contributed by atoms with Crippen LogP contribution in [0.15, 0.2) is 48.5 Å². The first-order valence-corrected chi connectivity index (χ1v) is 7.82. The normalized spacial score (nSPS) is 10.8. The highest BCUT2D eigenvalue weighted by molar-refractivity contribution is 6.01. The molecule has 0 unspecified atom stereocenters. The minimum Gasteiger partial charge on any atom is -1.00 e. The third kappa shape index (κ3) is 2.50. The second-order valence-electron chi connectivity index (χ2n) is 5.92. The summed E-state index contributed by atoms with van der Waals surface area (Å²) in [5.74, 6) is 2.18. The van der Waals surface area contributed by atoms with Crippen LogP contribution < -0.4 is 32.0 Å². The summed E-state index contributed by atoms with van der Waals surface area (Å²) in [5.41, 5.74) is 8.61. The van der Waals surface area contributed by atoms with E-state index >= 15 is 0 Å². The van der Waals surface area contributed by atoms with Crippen molar-refractivity contribution in [1.82, 2.24) is 0 Å². The number of nitrogens with zero attached hydrogens (tertiary/aromatic N) is 1. The second kappa shape index (κ2) is 6.30. The number of nitrogens with two attached hydrogens (primary N) is 1. The molecule has 4 nitrogen and oxygen atoms in total. The molecule has 0 fully saturated rings.